The molecule has 0 N–H and O–H groups in total. The lowest BCUT2D eigenvalue weighted by Gasteiger charge is -2.08. The maximum Gasteiger partial charge on any atom is 0.338 e. The summed E-state index contributed by atoms with van der Waals surface area (Å²) in [5.74, 6) is -0.204. The Morgan fingerprint density at radius 2 is 2.33 bits per heavy atom. The van der Waals surface area contributed by atoms with Crippen molar-refractivity contribution in [2.75, 3.05) is 0 Å². The van der Waals surface area contributed by atoms with E-state index in [1.807, 2.05) is 13.8 Å². The second kappa shape index (κ2) is 1.14. The van der Waals surface area contributed by atoms with Gasteiger partial charge in [0.25, 0.3) is 0 Å². The summed E-state index contributed by atoms with van der Waals surface area (Å²) >= 11 is 0. The zero-order valence-electron chi connectivity index (χ0n) is 5.38. The van der Waals surface area contributed by atoms with Gasteiger partial charge in [0.2, 0.25) is 0 Å². The van der Waals surface area contributed by atoms with E-state index in [0.717, 1.165) is 0 Å². The molecule has 2 fully saturated rings. The molecule has 0 aromatic carbocycles. The Balaban J connectivity index is 2.28. The van der Waals surface area contributed by atoms with Crippen molar-refractivity contribution in [3.8, 4) is 0 Å². The van der Waals surface area contributed by atoms with Gasteiger partial charge in [0.15, 0.2) is 6.10 Å². The van der Waals surface area contributed by atoms with Gasteiger partial charge in [0.1, 0.15) is 11.7 Å². The van der Waals surface area contributed by atoms with Crippen molar-refractivity contribution in [1.82, 2.24) is 0 Å². The molecule has 0 aromatic heterocycles. The van der Waals surface area contributed by atoms with Crippen LogP contribution in [0.3, 0.4) is 0 Å². The highest BCUT2D eigenvalue weighted by Crippen LogP contribution is 2.46. The summed E-state index contributed by atoms with van der Waals surface area (Å²) < 4.78 is 9.95. The predicted molar refractivity (Wildman–Crippen MR) is 28.8 cm³/mol. The largest absolute Gasteiger partial charge is 0.457 e. The van der Waals surface area contributed by atoms with Crippen LogP contribution in [0.2, 0.25) is 0 Å². The van der Waals surface area contributed by atoms with Gasteiger partial charge in [-0.3, -0.25) is 0 Å². The molecule has 3 heteroatoms. The number of hydrogen-bond donors (Lipinski definition) is 0. The molecule has 0 spiro atoms. The molecule has 0 radical (unpaired) electrons. The van der Waals surface area contributed by atoms with E-state index in [-0.39, 0.29) is 23.8 Å². The predicted octanol–water partition coefficient (Wildman–Crippen LogP) is 0.0892. The standard InChI is InChI=1S/C6H8O3/c1-3-6(2)4(9-6)5(7)8-3/h3-4H,1-2H3. The SMILES string of the molecule is CC1OC(=O)C2OC12C. The first-order valence-electron chi connectivity index (χ1n) is 3.03. The van der Waals surface area contributed by atoms with E-state index < -0.39 is 0 Å². The number of hydrogen-bond acceptors (Lipinski definition) is 3. The Bertz CT molecular complexity index is 177. The van der Waals surface area contributed by atoms with Crippen molar-refractivity contribution in [2.24, 2.45) is 0 Å². The van der Waals surface area contributed by atoms with E-state index in [2.05, 4.69) is 0 Å². The third kappa shape index (κ3) is 0.435. The first kappa shape index (κ1) is 5.23. The maximum atomic E-state index is 10.7. The molecule has 3 atom stereocenters. The molecule has 2 rings (SSSR count). The normalized spacial score (nSPS) is 54.7. The van der Waals surface area contributed by atoms with Crippen LogP contribution >= 0.6 is 0 Å². The summed E-state index contributed by atoms with van der Waals surface area (Å²) in [4.78, 5) is 10.7. The average Bonchev–Trinajstić information content (AvgIpc) is 2.38. The second-order valence-electron chi connectivity index (χ2n) is 2.76. The number of carbonyl (C=O) groups excluding carboxylic acids is 1. The number of rotatable bonds is 0. The summed E-state index contributed by atoms with van der Waals surface area (Å²) in [5.41, 5.74) is -0.281. The smallest absolute Gasteiger partial charge is 0.338 e. The Kier molecular flexibility index (Phi) is 0.662. The van der Waals surface area contributed by atoms with Crippen LogP contribution in [0.15, 0.2) is 0 Å². The molecule has 2 aliphatic rings. The van der Waals surface area contributed by atoms with E-state index in [9.17, 15) is 4.79 Å². The number of carbonyl (C=O) groups is 1. The van der Waals surface area contributed by atoms with Crippen molar-refractivity contribution in [3.05, 3.63) is 0 Å². The van der Waals surface area contributed by atoms with Crippen LogP contribution in [0.1, 0.15) is 13.8 Å². The van der Waals surface area contributed by atoms with Crippen LogP contribution in [0.5, 0.6) is 0 Å². The Labute approximate surface area is 52.9 Å². The molecule has 2 aliphatic heterocycles. The second-order valence-corrected chi connectivity index (χ2v) is 2.76. The zero-order chi connectivity index (χ0) is 6.65. The van der Waals surface area contributed by atoms with E-state index in [1.165, 1.54) is 0 Å². The van der Waals surface area contributed by atoms with E-state index in [1.54, 1.807) is 0 Å². The van der Waals surface area contributed by atoms with Gasteiger partial charge < -0.3 is 9.47 Å². The summed E-state index contributed by atoms with van der Waals surface area (Å²) in [5, 5.41) is 0. The van der Waals surface area contributed by atoms with Crippen LogP contribution < -0.4 is 0 Å². The fourth-order valence-corrected chi connectivity index (χ4v) is 1.16. The lowest BCUT2D eigenvalue weighted by Crippen LogP contribution is -2.20. The van der Waals surface area contributed by atoms with Gasteiger partial charge in [-0.2, -0.15) is 0 Å². The van der Waals surface area contributed by atoms with Crippen LogP contribution in [-0.2, 0) is 14.3 Å². The number of ether oxygens (including phenoxy) is 2. The van der Waals surface area contributed by atoms with E-state index >= 15 is 0 Å². The number of cyclic esters (lactones) is 1. The first-order chi connectivity index (χ1) is 4.14. The highest BCUT2D eigenvalue weighted by atomic mass is 16.7. The van der Waals surface area contributed by atoms with Crippen molar-refractivity contribution < 1.29 is 14.3 Å². The van der Waals surface area contributed by atoms with Crippen LogP contribution in [-0.4, -0.2) is 23.8 Å². The van der Waals surface area contributed by atoms with Crippen molar-refractivity contribution >= 4 is 5.97 Å². The fourth-order valence-electron chi connectivity index (χ4n) is 1.16. The number of epoxide rings is 1. The minimum atomic E-state index is -0.281. The maximum absolute atomic E-state index is 10.7. The monoisotopic (exact) mass is 128 g/mol. The highest BCUT2D eigenvalue weighted by Gasteiger charge is 2.68. The minimum Gasteiger partial charge on any atom is -0.457 e. The van der Waals surface area contributed by atoms with Gasteiger partial charge in [0.05, 0.1) is 0 Å². The molecule has 3 unspecified atom stereocenters. The average molecular weight is 128 g/mol. The number of esters is 1. The molecule has 3 nitrogen and oxygen atoms in total. The molecule has 0 bridgehead atoms. The van der Waals surface area contributed by atoms with Gasteiger partial charge in [-0.1, -0.05) is 0 Å². The third-order valence-electron chi connectivity index (χ3n) is 2.15. The molecular formula is C6H8O3. The van der Waals surface area contributed by atoms with E-state index in [4.69, 9.17) is 9.47 Å². The van der Waals surface area contributed by atoms with Crippen LogP contribution in [0.25, 0.3) is 0 Å². The summed E-state index contributed by atoms with van der Waals surface area (Å²) in [6.45, 7) is 3.75. The van der Waals surface area contributed by atoms with Crippen molar-refractivity contribution in [1.29, 1.82) is 0 Å². The molecule has 0 aromatic rings. The fraction of sp³-hybridized carbons (Fsp3) is 0.833. The summed E-state index contributed by atoms with van der Waals surface area (Å²) in [6.07, 6.45) is -0.317. The Hall–Kier alpha value is -0.570. The lowest BCUT2D eigenvalue weighted by molar-refractivity contribution is -0.149. The quantitative estimate of drug-likeness (QED) is 0.343. The Morgan fingerprint density at radius 3 is 2.44 bits per heavy atom. The van der Waals surface area contributed by atoms with Crippen LogP contribution in [0.4, 0.5) is 0 Å². The summed E-state index contributed by atoms with van der Waals surface area (Å²) in [7, 11) is 0. The van der Waals surface area contributed by atoms with E-state index in [0.29, 0.717) is 0 Å². The Morgan fingerprint density at radius 1 is 1.67 bits per heavy atom. The minimum absolute atomic E-state index is 0.0602. The molecular weight excluding hydrogens is 120 g/mol. The molecule has 2 saturated heterocycles. The molecule has 9 heavy (non-hydrogen) atoms. The summed E-state index contributed by atoms with van der Waals surface area (Å²) in [6, 6.07) is 0. The molecule has 0 amide bonds. The van der Waals surface area contributed by atoms with Gasteiger partial charge >= 0.3 is 5.97 Å². The van der Waals surface area contributed by atoms with Crippen molar-refractivity contribution in [3.63, 3.8) is 0 Å². The number of fused-ring (bicyclic) bond motifs is 1. The molecule has 0 aliphatic carbocycles. The highest BCUT2D eigenvalue weighted by molar-refractivity contribution is 5.82. The van der Waals surface area contributed by atoms with Gasteiger partial charge in [-0.15, -0.1) is 0 Å². The molecule has 0 saturated carbocycles. The van der Waals surface area contributed by atoms with Crippen LogP contribution in [0, 0.1) is 0 Å². The lowest BCUT2D eigenvalue weighted by atomic mass is 10.1. The molecule has 50 valence electrons. The van der Waals surface area contributed by atoms with Gasteiger partial charge in [0, 0.05) is 0 Å². The zero-order valence-corrected chi connectivity index (χ0v) is 5.38. The van der Waals surface area contributed by atoms with Gasteiger partial charge in [-0.05, 0) is 13.8 Å². The first-order valence-corrected chi connectivity index (χ1v) is 3.03. The molecule has 2 heterocycles. The van der Waals surface area contributed by atoms with Crippen molar-refractivity contribution in [2.45, 2.75) is 31.7 Å². The van der Waals surface area contributed by atoms with Gasteiger partial charge in [-0.25, -0.2) is 4.79 Å². The third-order valence-corrected chi connectivity index (χ3v) is 2.15. The topological polar surface area (TPSA) is 38.8 Å².